The molecule has 0 bridgehead atoms. The van der Waals surface area contributed by atoms with Gasteiger partial charge in [-0.15, -0.1) is 0 Å². The molecule has 0 aliphatic rings. The Labute approximate surface area is 121 Å². The van der Waals surface area contributed by atoms with Crippen molar-refractivity contribution in [3.63, 3.8) is 0 Å². The Bertz CT molecular complexity index is 448. The molecule has 0 spiro atoms. The van der Waals surface area contributed by atoms with Crippen molar-refractivity contribution in [3.05, 3.63) is 33.9 Å². The third kappa shape index (κ3) is 5.57. The Morgan fingerprint density at radius 3 is 2.45 bits per heavy atom. The quantitative estimate of drug-likeness (QED) is 0.614. The van der Waals surface area contributed by atoms with Crippen LogP contribution >= 0.6 is 0 Å². The number of nitro benzene ring substituents is 1. The van der Waals surface area contributed by atoms with Crippen LogP contribution in [0.1, 0.15) is 25.8 Å². The molecule has 20 heavy (non-hydrogen) atoms. The molecule has 0 aliphatic carbocycles. The minimum absolute atomic E-state index is 0.139. The second-order valence-corrected chi connectivity index (χ2v) is 6.05. The van der Waals surface area contributed by atoms with E-state index in [1.54, 1.807) is 12.1 Å². The first-order valence-electron chi connectivity index (χ1n) is 6.95. The van der Waals surface area contributed by atoms with Crippen LogP contribution < -0.4 is 5.32 Å². The lowest BCUT2D eigenvalue weighted by atomic mass is 10.0. The molecule has 1 rings (SSSR count). The standard InChI is InChI=1S/C15H25N3O2/c1-11(2)6-14(10-17(4)5)16-13-7-12(3)8-15(9-13)18(19)20/h7-9,11,14,16H,6,10H2,1-5H3. The van der Waals surface area contributed by atoms with Crippen LogP contribution in [0.3, 0.4) is 0 Å². The summed E-state index contributed by atoms with van der Waals surface area (Å²) in [5.41, 5.74) is 1.86. The molecule has 5 heteroatoms. The van der Waals surface area contributed by atoms with Gasteiger partial charge >= 0.3 is 0 Å². The van der Waals surface area contributed by atoms with Gasteiger partial charge in [0.15, 0.2) is 0 Å². The normalized spacial score (nSPS) is 12.8. The summed E-state index contributed by atoms with van der Waals surface area (Å²) < 4.78 is 0. The second-order valence-electron chi connectivity index (χ2n) is 6.05. The molecule has 5 nitrogen and oxygen atoms in total. The maximum atomic E-state index is 10.9. The van der Waals surface area contributed by atoms with Gasteiger partial charge in [0.25, 0.3) is 5.69 Å². The highest BCUT2D eigenvalue weighted by Crippen LogP contribution is 2.22. The van der Waals surface area contributed by atoms with Crippen LogP contribution in [0.2, 0.25) is 0 Å². The fraction of sp³-hybridized carbons (Fsp3) is 0.600. The Kier molecular flexibility index (Phi) is 5.95. The molecular formula is C15H25N3O2. The summed E-state index contributed by atoms with van der Waals surface area (Å²) in [6.45, 7) is 7.15. The van der Waals surface area contributed by atoms with E-state index in [0.29, 0.717) is 5.92 Å². The number of anilines is 1. The molecule has 0 saturated heterocycles. The van der Waals surface area contributed by atoms with E-state index in [4.69, 9.17) is 0 Å². The molecule has 0 amide bonds. The van der Waals surface area contributed by atoms with E-state index in [1.807, 2.05) is 27.1 Å². The van der Waals surface area contributed by atoms with Gasteiger partial charge in [0.1, 0.15) is 0 Å². The van der Waals surface area contributed by atoms with Crippen molar-refractivity contribution in [2.45, 2.75) is 33.2 Å². The predicted octanol–water partition coefficient (Wildman–Crippen LogP) is 3.29. The van der Waals surface area contributed by atoms with Gasteiger partial charge in [-0.3, -0.25) is 10.1 Å². The lowest BCUT2D eigenvalue weighted by Crippen LogP contribution is -2.33. The highest BCUT2D eigenvalue weighted by atomic mass is 16.6. The van der Waals surface area contributed by atoms with E-state index < -0.39 is 0 Å². The van der Waals surface area contributed by atoms with Crippen LogP contribution in [0.15, 0.2) is 18.2 Å². The molecule has 112 valence electrons. The predicted molar refractivity (Wildman–Crippen MR) is 83.3 cm³/mol. The number of hydrogen-bond donors (Lipinski definition) is 1. The summed E-state index contributed by atoms with van der Waals surface area (Å²) in [6, 6.07) is 5.44. The fourth-order valence-corrected chi connectivity index (χ4v) is 2.38. The summed E-state index contributed by atoms with van der Waals surface area (Å²) >= 11 is 0. The lowest BCUT2D eigenvalue weighted by molar-refractivity contribution is -0.384. The number of benzene rings is 1. The van der Waals surface area contributed by atoms with E-state index >= 15 is 0 Å². The molecule has 1 aromatic rings. The van der Waals surface area contributed by atoms with E-state index in [2.05, 4.69) is 24.1 Å². The van der Waals surface area contributed by atoms with Gasteiger partial charge in [-0.25, -0.2) is 0 Å². The number of nitro groups is 1. The van der Waals surface area contributed by atoms with Crippen molar-refractivity contribution in [3.8, 4) is 0 Å². The number of aryl methyl sites for hydroxylation is 1. The molecule has 0 radical (unpaired) electrons. The summed E-state index contributed by atoms with van der Waals surface area (Å²) in [5, 5.41) is 14.3. The van der Waals surface area contributed by atoms with Gasteiger partial charge in [0, 0.05) is 30.4 Å². The van der Waals surface area contributed by atoms with Crippen molar-refractivity contribution < 1.29 is 4.92 Å². The van der Waals surface area contributed by atoms with Crippen LogP contribution in [-0.4, -0.2) is 36.5 Å². The SMILES string of the molecule is Cc1cc(NC(CC(C)C)CN(C)C)cc([N+](=O)[O-])c1. The summed E-state index contributed by atoms with van der Waals surface area (Å²) in [4.78, 5) is 12.7. The van der Waals surface area contributed by atoms with Gasteiger partial charge in [-0.2, -0.15) is 0 Å². The van der Waals surface area contributed by atoms with Gasteiger partial charge in [-0.1, -0.05) is 13.8 Å². The highest BCUT2D eigenvalue weighted by molar-refractivity contribution is 5.54. The topological polar surface area (TPSA) is 58.4 Å². The molecule has 1 N–H and O–H groups in total. The number of likely N-dealkylation sites (N-methyl/N-ethyl adjacent to an activating group) is 1. The Hall–Kier alpha value is -1.62. The van der Waals surface area contributed by atoms with Crippen LogP contribution in [0.5, 0.6) is 0 Å². The average Bonchev–Trinajstić information content (AvgIpc) is 2.25. The maximum absolute atomic E-state index is 10.9. The average molecular weight is 279 g/mol. The number of nitrogens with zero attached hydrogens (tertiary/aromatic N) is 2. The molecule has 0 heterocycles. The first-order valence-corrected chi connectivity index (χ1v) is 6.95. The number of rotatable bonds is 7. The van der Waals surface area contributed by atoms with Gasteiger partial charge in [0.05, 0.1) is 4.92 Å². The monoisotopic (exact) mass is 279 g/mol. The number of non-ortho nitro benzene ring substituents is 1. The molecule has 1 aromatic carbocycles. The lowest BCUT2D eigenvalue weighted by Gasteiger charge is -2.25. The molecule has 0 aromatic heterocycles. The molecule has 0 aliphatic heterocycles. The largest absolute Gasteiger partial charge is 0.381 e. The third-order valence-electron chi connectivity index (χ3n) is 2.99. The first kappa shape index (κ1) is 16.4. The molecule has 1 atom stereocenters. The zero-order valence-corrected chi connectivity index (χ0v) is 13.0. The van der Waals surface area contributed by atoms with Gasteiger partial charge < -0.3 is 10.2 Å². The minimum Gasteiger partial charge on any atom is -0.381 e. The molecule has 0 saturated carbocycles. The summed E-state index contributed by atoms with van der Waals surface area (Å²) in [5.74, 6) is 0.576. The zero-order valence-electron chi connectivity index (χ0n) is 13.0. The fourth-order valence-electron chi connectivity index (χ4n) is 2.38. The van der Waals surface area contributed by atoms with Crippen molar-refractivity contribution in [1.82, 2.24) is 4.90 Å². The Morgan fingerprint density at radius 1 is 1.30 bits per heavy atom. The molecule has 1 unspecified atom stereocenters. The van der Waals surface area contributed by atoms with Crippen molar-refractivity contribution >= 4 is 11.4 Å². The first-order chi connectivity index (χ1) is 9.27. The Balaban J connectivity index is 2.89. The number of hydrogen-bond acceptors (Lipinski definition) is 4. The van der Waals surface area contributed by atoms with Crippen molar-refractivity contribution in [2.24, 2.45) is 5.92 Å². The van der Waals surface area contributed by atoms with Gasteiger partial charge in [-0.05, 0) is 45.0 Å². The van der Waals surface area contributed by atoms with Crippen LogP contribution in [0, 0.1) is 23.0 Å². The smallest absolute Gasteiger partial charge is 0.271 e. The summed E-state index contributed by atoms with van der Waals surface area (Å²) in [6.07, 6.45) is 1.03. The Morgan fingerprint density at radius 2 is 1.95 bits per heavy atom. The number of nitrogens with one attached hydrogen (secondary N) is 1. The van der Waals surface area contributed by atoms with Crippen molar-refractivity contribution in [1.29, 1.82) is 0 Å². The molecular weight excluding hydrogens is 254 g/mol. The van der Waals surface area contributed by atoms with E-state index in [-0.39, 0.29) is 16.7 Å². The van der Waals surface area contributed by atoms with E-state index in [9.17, 15) is 10.1 Å². The summed E-state index contributed by atoms with van der Waals surface area (Å²) in [7, 11) is 4.07. The van der Waals surface area contributed by atoms with Crippen LogP contribution in [0.25, 0.3) is 0 Å². The van der Waals surface area contributed by atoms with Gasteiger partial charge in [0.2, 0.25) is 0 Å². The van der Waals surface area contributed by atoms with Crippen LogP contribution in [0.4, 0.5) is 11.4 Å². The van der Waals surface area contributed by atoms with E-state index in [0.717, 1.165) is 24.2 Å². The zero-order chi connectivity index (χ0) is 15.3. The molecule has 0 fully saturated rings. The van der Waals surface area contributed by atoms with E-state index in [1.165, 1.54) is 0 Å². The minimum atomic E-state index is -0.346. The highest BCUT2D eigenvalue weighted by Gasteiger charge is 2.14. The second kappa shape index (κ2) is 7.24. The van der Waals surface area contributed by atoms with Crippen LogP contribution in [-0.2, 0) is 0 Å². The van der Waals surface area contributed by atoms with Crippen molar-refractivity contribution in [2.75, 3.05) is 26.0 Å². The maximum Gasteiger partial charge on any atom is 0.271 e. The third-order valence-corrected chi connectivity index (χ3v) is 2.99.